The number of aromatic nitrogens is 3. The number of hydrogen-bond donors (Lipinski definition) is 2. The van der Waals surface area contributed by atoms with Gasteiger partial charge in [-0.25, -0.2) is 4.98 Å². The third-order valence-corrected chi connectivity index (χ3v) is 4.57. The predicted octanol–water partition coefficient (Wildman–Crippen LogP) is 4.27. The van der Waals surface area contributed by atoms with Crippen molar-refractivity contribution in [2.45, 2.75) is 12.1 Å². The molecule has 0 radical (unpaired) electrons. The molecule has 0 spiro atoms. The van der Waals surface area contributed by atoms with Gasteiger partial charge in [0.1, 0.15) is 0 Å². The van der Waals surface area contributed by atoms with E-state index in [9.17, 15) is 4.79 Å². The van der Waals surface area contributed by atoms with Crippen LogP contribution in [0.5, 0.6) is 0 Å². The van der Waals surface area contributed by atoms with Crippen molar-refractivity contribution < 1.29 is 4.79 Å². The van der Waals surface area contributed by atoms with E-state index in [1.54, 1.807) is 0 Å². The third-order valence-electron chi connectivity index (χ3n) is 3.23. The Bertz CT molecular complexity index is 848. The number of rotatable bonds is 5. The van der Waals surface area contributed by atoms with Gasteiger partial charge in [-0.1, -0.05) is 57.5 Å². The van der Waals surface area contributed by atoms with E-state index >= 15 is 0 Å². The minimum absolute atomic E-state index is 0.0855. The van der Waals surface area contributed by atoms with E-state index in [4.69, 9.17) is 0 Å². The summed E-state index contributed by atoms with van der Waals surface area (Å²) in [5, 5.41) is 10.4. The van der Waals surface area contributed by atoms with Crippen molar-refractivity contribution in [3.05, 3.63) is 58.6 Å². The lowest BCUT2D eigenvalue weighted by Gasteiger charge is -2.04. The molecule has 2 aromatic carbocycles. The van der Waals surface area contributed by atoms with E-state index in [0.717, 1.165) is 21.3 Å². The highest BCUT2D eigenvalue weighted by Gasteiger charge is 2.09. The van der Waals surface area contributed by atoms with Crippen LogP contribution in [0, 0.1) is 6.92 Å². The summed E-state index contributed by atoms with van der Waals surface area (Å²) in [7, 11) is 0. The van der Waals surface area contributed by atoms with Gasteiger partial charge < -0.3 is 5.32 Å². The molecule has 0 unspecified atom stereocenters. The summed E-state index contributed by atoms with van der Waals surface area (Å²) >= 11 is 4.73. The molecule has 0 aliphatic carbocycles. The molecule has 7 heteroatoms. The number of anilines is 1. The molecule has 3 aromatic rings. The van der Waals surface area contributed by atoms with E-state index in [-0.39, 0.29) is 11.7 Å². The van der Waals surface area contributed by atoms with Crippen molar-refractivity contribution in [1.82, 2.24) is 15.2 Å². The normalized spacial score (nSPS) is 10.6. The molecule has 3 rings (SSSR count). The Balaban J connectivity index is 1.57. The van der Waals surface area contributed by atoms with Gasteiger partial charge in [0.15, 0.2) is 5.82 Å². The van der Waals surface area contributed by atoms with Crippen LogP contribution in [-0.2, 0) is 4.79 Å². The molecule has 5 nitrogen and oxygen atoms in total. The molecule has 0 aliphatic rings. The van der Waals surface area contributed by atoms with E-state index in [2.05, 4.69) is 36.4 Å². The predicted molar refractivity (Wildman–Crippen MR) is 100 cm³/mol. The molecular formula is C17H15BrN4OS. The van der Waals surface area contributed by atoms with Crippen molar-refractivity contribution in [3.63, 3.8) is 0 Å². The first kappa shape index (κ1) is 16.7. The molecule has 1 heterocycles. The number of hydrogen-bond acceptors (Lipinski definition) is 4. The maximum absolute atomic E-state index is 12.0. The second-order valence-electron chi connectivity index (χ2n) is 5.18. The number of carbonyl (C=O) groups is 1. The van der Waals surface area contributed by atoms with Crippen LogP contribution >= 0.6 is 27.7 Å². The molecule has 0 saturated carbocycles. The summed E-state index contributed by atoms with van der Waals surface area (Å²) in [5.41, 5.74) is 2.88. The zero-order valence-electron chi connectivity index (χ0n) is 12.9. The Labute approximate surface area is 152 Å². The van der Waals surface area contributed by atoms with Crippen LogP contribution in [0.25, 0.3) is 11.4 Å². The van der Waals surface area contributed by atoms with E-state index in [0.29, 0.717) is 11.0 Å². The number of amides is 1. The highest BCUT2D eigenvalue weighted by molar-refractivity contribution is 9.10. The van der Waals surface area contributed by atoms with Crippen LogP contribution in [0.4, 0.5) is 5.69 Å². The molecule has 1 aromatic heterocycles. The molecule has 0 saturated heterocycles. The number of benzene rings is 2. The van der Waals surface area contributed by atoms with E-state index in [1.165, 1.54) is 11.8 Å². The first-order chi connectivity index (χ1) is 11.6. The Hall–Kier alpha value is -2.12. The van der Waals surface area contributed by atoms with Gasteiger partial charge >= 0.3 is 0 Å². The average Bonchev–Trinajstić information content (AvgIpc) is 3.04. The number of aryl methyl sites for hydroxylation is 1. The zero-order valence-corrected chi connectivity index (χ0v) is 15.3. The molecular weight excluding hydrogens is 388 g/mol. The average molecular weight is 403 g/mol. The number of nitrogens with one attached hydrogen (secondary N) is 2. The van der Waals surface area contributed by atoms with Crippen LogP contribution in [0.1, 0.15) is 5.56 Å². The van der Waals surface area contributed by atoms with Crippen LogP contribution in [0.2, 0.25) is 0 Å². The minimum atomic E-state index is -0.0855. The lowest BCUT2D eigenvalue weighted by molar-refractivity contribution is -0.113. The largest absolute Gasteiger partial charge is 0.325 e. The van der Waals surface area contributed by atoms with Gasteiger partial charge in [0.05, 0.1) is 5.75 Å². The summed E-state index contributed by atoms with van der Waals surface area (Å²) in [5.74, 6) is 0.847. The maximum Gasteiger partial charge on any atom is 0.234 e. The van der Waals surface area contributed by atoms with Gasteiger partial charge in [-0.05, 0) is 31.2 Å². The summed E-state index contributed by atoms with van der Waals surface area (Å²) in [6.07, 6.45) is 0. The Morgan fingerprint density at radius 3 is 2.79 bits per heavy atom. The Kier molecular flexibility index (Phi) is 5.32. The van der Waals surface area contributed by atoms with Crippen molar-refractivity contribution in [1.29, 1.82) is 0 Å². The topological polar surface area (TPSA) is 70.7 Å². The molecule has 0 fully saturated rings. The smallest absolute Gasteiger partial charge is 0.234 e. The summed E-state index contributed by atoms with van der Waals surface area (Å²) in [6.45, 7) is 2.01. The first-order valence-corrected chi connectivity index (χ1v) is 9.06. The Morgan fingerprint density at radius 1 is 1.25 bits per heavy atom. The number of halogens is 1. The fourth-order valence-corrected chi connectivity index (χ4v) is 3.04. The van der Waals surface area contributed by atoms with Gasteiger partial charge in [-0.2, -0.15) is 0 Å². The van der Waals surface area contributed by atoms with E-state index in [1.807, 2.05) is 55.5 Å². The number of nitrogens with zero attached hydrogens (tertiary/aromatic N) is 2. The number of H-pyrrole nitrogens is 1. The second-order valence-corrected chi connectivity index (χ2v) is 7.04. The van der Waals surface area contributed by atoms with Crippen molar-refractivity contribution in [2.24, 2.45) is 0 Å². The fourth-order valence-electron chi connectivity index (χ4n) is 2.04. The zero-order chi connectivity index (χ0) is 16.9. The standard InChI is InChI=1S/C17H15BrN4OS/c1-11-5-7-14(8-6-11)19-15(23)10-24-17-20-16(21-22-17)12-3-2-4-13(18)9-12/h2-9H,10H2,1H3,(H,19,23)(H,20,21,22). The first-order valence-electron chi connectivity index (χ1n) is 7.28. The van der Waals surface area contributed by atoms with Gasteiger partial charge in [-0.3, -0.25) is 9.89 Å². The van der Waals surface area contributed by atoms with Crippen LogP contribution in [-0.4, -0.2) is 26.8 Å². The summed E-state index contributed by atoms with van der Waals surface area (Å²) in [4.78, 5) is 16.4. The maximum atomic E-state index is 12.0. The van der Waals surface area contributed by atoms with Crippen LogP contribution in [0.3, 0.4) is 0 Å². The Morgan fingerprint density at radius 2 is 2.04 bits per heavy atom. The molecule has 0 aliphatic heterocycles. The summed E-state index contributed by atoms with van der Waals surface area (Å²) < 4.78 is 0.975. The molecule has 24 heavy (non-hydrogen) atoms. The lowest BCUT2D eigenvalue weighted by atomic mass is 10.2. The number of thioether (sulfide) groups is 1. The number of carbonyl (C=O) groups excluding carboxylic acids is 1. The SMILES string of the molecule is Cc1ccc(NC(=O)CSc2n[nH]c(-c3cccc(Br)c3)n2)cc1. The van der Waals surface area contributed by atoms with Crippen molar-refractivity contribution >= 4 is 39.3 Å². The molecule has 1 amide bonds. The second kappa shape index (κ2) is 7.63. The summed E-state index contributed by atoms with van der Waals surface area (Å²) in [6, 6.07) is 15.5. The highest BCUT2D eigenvalue weighted by Crippen LogP contribution is 2.22. The van der Waals surface area contributed by atoms with Crippen molar-refractivity contribution in [3.8, 4) is 11.4 Å². The molecule has 2 N–H and O–H groups in total. The van der Waals surface area contributed by atoms with Crippen LogP contribution < -0.4 is 5.32 Å². The highest BCUT2D eigenvalue weighted by atomic mass is 79.9. The third kappa shape index (κ3) is 4.46. The fraction of sp³-hybridized carbons (Fsp3) is 0.118. The molecule has 0 atom stereocenters. The van der Waals surface area contributed by atoms with Gasteiger partial charge in [0.25, 0.3) is 0 Å². The minimum Gasteiger partial charge on any atom is -0.325 e. The number of aromatic amines is 1. The molecule has 122 valence electrons. The van der Waals surface area contributed by atoms with Crippen LogP contribution in [0.15, 0.2) is 58.2 Å². The van der Waals surface area contributed by atoms with Gasteiger partial charge in [0.2, 0.25) is 11.1 Å². The monoisotopic (exact) mass is 402 g/mol. The molecule has 0 bridgehead atoms. The van der Waals surface area contributed by atoms with Gasteiger partial charge in [-0.15, -0.1) is 5.10 Å². The lowest BCUT2D eigenvalue weighted by Crippen LogP contribution is -2.14. The van der Waals surface area contributed by atoms with E-state index < -0.39 is 0 Å². The van der Waals surface area contributed by atoms with Gasteiger partial charge in [0, 0.05) is 15.7 Å². The van der Waals surface area contributed by atoms with Crippen molar-refractivity contribution in [2.75, 3.05) is 11.1 Å². The quantitative estimate of drug-likeness (QED) is 0.624.